The lowest BCUT2D eigenvalue weighted by Gasteiger charge is -2.44. The Morgan fingerprint density at radius 2 is 1.55 bits per heavy atom. The van der Waals surface area contributed by atoms with Crippen LogP contribution in [0.15, 0.2) is 0 Å². The van der Waals surface area contributed by atoms with E-state index in [0.29, 0.717) is 12.0 Å². The van der Waals surface area contributed by atoms with Gasteiger partial charge < -0.3 is 9.47 Å². The molecule has 2 saturated carbocycles. The average molecular weight is 282 g/mol. The SMILES string of the molecule is COCC(C(C)OC)C1CCCCC1C1CCCCC1. The Morgan fingerprint density at radius 3 is 2.20 bits per heavy atom. The maximum atomic E-state index is 5.67. The molecule has 20 heavy (non-hydrogen) atoms. The van der Waals surface area contributed by atoms with Crippen LogP contribution in [-0.2, 0) is 9.47 Å². The number of methoxy groups -OCH3 is 2. The Kier molecular flexibility index (Phi) is 6.83. The molecule has 2 aliphatic rings. The smallest absolute Gasteiger partial charge is 0.0596 e. The molecule has 0 aromatic carbocycles. The topological polar surface area (TPSA) is 18.5 Å². The number of hydrogen-bond donors (Lipinski definition) is 0. The van der Waals surface area contributed by atoms with Crippen molar-refractivity contribution in [3.8, 4) is 0 Å². The maximum Gasteiger partial charge on any atom is 0.0596 e. The van der Waals surface area contributed by atoms with Crippen molar-refractivity contribution in [1.82, 2.24) is 0 Å². The Bertz CT molecular complexity index is 260. The zero-order chi connectivity index (χ0) is 14.4. The quantitative estimate of drug-likeness (QED) is 0.705. The fourth-order valence-electron chi connectivity index (χ4n) is 4.84. The van der Waals surface area contributed by atoms with Gasteiger partial charge in [-0.2, -0.15) is 0 Å². The van der Waals surface area contributed by atoms with Crippen LogP contribution >= 0.6 is 0 Å². The molecule has 4 atom stereocenters. The van der Waals surface area contributed by atoms with E-state index in [2.05, 4.69) is 6.92 Å². The molecule has 0 aromatic rings. The summed E-state index contributed by atoms with van der Waals surface area (Å²) in [4.78, 5) is 0. The van der Waals surface area contributed by atoms with Crippen LogP contribution in [0.1, 0.15) is 64.7 Å². The zero-order valence-electron chi connectivity index (χ0n) is 13.8. The summed E-state index contributed by atoms with van der Waals surface area (Å²) in [6, 6.07) is 0. The number of hydrogen-bond acceptors (Lipinski definition) is 2. The summed E-state index contributed by atoms with van der Waals surface area (Å²) in [6.07, 6.45) is 13.3. The molecule has 118 valence electrons. The van der Waals surface area contributed by atoms with Gasteiger partial charge in [0, 0.05) is 20.1 Å². The predicted octanol–water partition coefficient (Wildman–Crippen LogP) is 4.67. The Labute approximate surface area is 125 Å². The highest BCUT2D eigenvalue weighted by Crippen LogP contribution is 2.45. The van der Waals surface area contributed by atoms with Gasteiger partial charge in [-0.25, -0.2) is 0 Å². The molecule has 0 N–H and O–H groups in total. The minimum atomic E-state index is 0.323. The summed E-state index contributed by atoms with van der Waals surface area (Å²) in [7, 11) is 3.69. The van der Waals surface area contributed by atoms with Crippen LogP contribution in [-0.4, -0.2) is 26.9 Å². The van der Waals surface area contributed by atoms with Gasteiger partial charge in [0.25, 0.3) is 0 Å². The van der Waals surface area contributed by atoms with Gasteiger partial charge in [-0.15, -0.1) is 0 Å². The molecule has 2 nitrogen and oxygen atoms in total. The van der Waals surface area contributed by atoms with Crippen molar-refractivity contribution in [2.75, 3.05) is 20.8 Å². The first-order valence-corrected chi connectivity index (χ1v) is 8.79. The molecule has 0 spiro atoms. The van der Waals surface area contributed by atoms with Crippen LogP contribution in [0, 0.1) is 23.7 Å². The minimum Gasteiger partial charge on any atom is -0.384 e. The lowest BCUT2D eigenvalue weighted by atomic mass is 9.63. The average Bonchev–Trinajstić information content (AvgIpc) is 2.53. The molecule has 4 unspecified atom stereocenters. The standard InChI is InChI=1S/C18H34O2/c1-14(20-3)18(13-19-2)17-12-8-7-11-16(17)15-9-5-4-6-10-15/h14-18H,4-13H2,1-3H3. The Balaban J connectivity index is 2.06. The molecule has 0 radical (unpaired) electrons. The molecule has 0 aliphatic heterocycles. The van der Waals surface area contributed by atoms with Crippen LogP contribution in [0.4, 0.5) is 0 Å². The van der Waals surface area contributed by atoms with Gasteiger partial charge in [-0.05, 0) is 37.5 Å². The molecule has 0 heterocycles. The monoisotopic (exact) mass is 282 g/mol. The summed E-state index contributed by atoms with van der Waals surface area (Å²) in [5.41, 5.74) is 0. The van der Waals surface area contributed by atoms with E-state index in [4.69, 9.17) is 9.47 Å². The van der Waals surface area contributed by atoms with Gasteiger partial charge in [0.15, 0.2) is 0 Å². The highest BCUT2D eigenvalue weighted by Gasteiger charge is 2.38. The van der Waals surface area contributed by atoms with Gasteiger partial charge in [0.05, 0.1) is 12.7 Å². The minimum absolute atomic E-state index is 0.323. The van der Waals surface area contributed by atoms with Crippen molar-refractivity contribution < 1.29 is 9.47 Å². The third kappa shape index (κ3) is 3.98. The van der Waals surface area contributed by atoms with Gasteiger partial charge in [-0.3, -0.25) is 0 Å². The number of ether oxygens (including phenoxy) is 2. The molecular weight excluding hydrogens is 248 g/mol. The second-order valence-corrected chi connectivity index (χ2v) is 7.07. The normalized spacial score (nSPS) is 31.9. The molecule has 0 saturated heterocycles. The molecule has 0 amide bonds. The second-order valence-electron chi connectivity index (χ2n) is 7.07. The van der Waals surface area contributed by atoms with Gasteiger partial charge in [-0.1, -0.05) is 44.9 Å². The Morgan fingerprint density at radius 1 is 0.900 bits per heavy atom. The summed E-state index contributed by atoms with van der Waals surface area (Å²) < 4.78 is 11.2. The van der Waals surface area contributed by atoms with E-state index in [1.54, 1.807) is 0 Å². The molecular formula is C18H34O2. The fraction of sp³-hybridized carbons (Fsp3) is 1.00. The molecule has 2 aliphatic carbocycles. The van der Waals surface area contributed by atoms with Crippen LogP contribution < -0.4 is 0 Å². The van der Waals surface area contributed by atoms with E-state index in [9.17, 15) is 0 Å². The Hall–Kier alpha value is -0.0800. The van der Waals surface area contributed by atoms with E-state index in [1.165, 1.54) is 57.8 Å². The highest BCUT2D eigenvalue weighted by atomic mass is 16.5. The summed E-state index contributed by atoms with van der Waals surface area (Å²) in [5.74, 6) is 3.32. The van der Waals surface area contributed by atoms with E-state index >= 15 is 0 Å². The first-order valence-electron chi connectivity index (χ1n) is 8.79. The molecule has 2 fully saturated rings. The molecule has 0 bridgehead atoms. The number of rotatable bonds is 6. The fourth-order valence-corrected chi connectivity index (χ4v) is 4.84. The predicted molar refractivity (Wildman–Crippen MR) is 83.9 cm³/mol. The van der Waals surface area contributed by atoms with E-state index in [1.807, 2.05) is 14.2 Å². The van der Waals surface area contributed by atoms with Crippen molar-refractivity contribution >= 4 is 0 Å². The molecule has 2 heteroatoms. The first kappa shape index (κ1) is 16.3. The molecule has 2 rings (SSSR count). The summed E-state index contributed by atoms with van der Waals surface area (Å²) >= 11 is 0. The van der Waals surface area contributed by atoms with Gasteiger partial charge >= 0.3 is 0 Å². The zero-order valence-corrected chi connectivity index (χ0v) is 13.8. The largest absolute Gasteiger partial charge is 0.384 e. The van der Waals surface area contributed by atoms with Crippen molar-refractivity contribution in [2.24, 2.45) is 23.7 Å². The van der Waals surface area contributed by atoms with E-state index in [-0.39, 0.29) is 0 Å². The van der Waals surface area contributed by atoms with Crippen LogP contribution in [0.25, 0.3) is 0 Å². The second kappa shape index (κ2) is 8.38. The van der Waals surface area contributed by atoms with E-state index < -0.39 is 0 Å². The van der Waals surface area contributed by atoms with Crippen molar-refractivity contribution in [1.29, 1.82) is 0 Å². The molecule has 0 aromatic heterocycles. The lowest BCUT2D eigenvalue weighted by Crippen LogP contribution is -2.40. The first-order chi connectivity index (χ1) is 9.77. The lowest BCUT2D eigenvalue weighted by molar-refractivity contribution is -0.0383. The van der Waals surface area contributed by atoms with Gasteiger partial charge in [0.2, 0.25) is 0 Å². The third-order valence-corrected chi connectivity index (χ3v) is 6.01. The van der Waals surface area contributed by atoms with Crippen LogP contribution in [0.2, 0.25) is 0 Å². The summed E-state index contributed by atoms with van der Waals surface area (Å²) in [5, 5.41) is 0. The third-order valence-electron chi connectivity index (χ3n) is 6.01. The highest BCUT2D eigenvalue weighted by molar-refractivity contribution is 4.88. The maximum absolute atomic E-state index is 5.67. The summed E-state index contributed by atoms with van der Waals surface area (Å²) in [6.45, 7) is 3.10. The van der Waals surface area contributed by atoms with Crippen LogP contribution in [0.3, 0.4) is 0 Å². The van der Waals surface area contributed by atoms with Gasteiger partial charge in [0.1, 0.15) is 0 Å². The van der Waals surface area contributed by atoms with Crippen molar-refractivity contribution in [3.05, 3.63) is 0 Å². The van der Waals surface area contributed by atoms with Crippen molar-refractivity contribution in [3.63, 3.8) is 0 Å². The van der Waals surface area contributed by atoms with E-state index in [0.717, 1.165) is 24.4 Å². The van der Waals surface area contributed by atoms with Crippen LogP contribution in [0.5, 0.6) is 0 Å². The van der Waals surface area contributed by atoms with Crippen molar-refractivity contribution in [2.45, 2.75) is 70.8 Å².